The van der Waals surface area contributed by atoms with E-state index in [1.807, 2.05) is 0 Å². The second-order valence-electron chi connectivity index (χ2n) is 15.5. The van der Waals surface area contributed by atoms with E-state index in [4.69, 9.17) is 4.98 Å². The molecular formula is C37H37B13N2. The van der Waals surface area contributed by atoms with Crippen molar-refractivity contribution >= 4 is 216 Å². The van der Waals surface area contributed by atoms with Gasteiger partial charge in [0.1, 0.15) is 108 Å². The predicted molar refractivity (Wildman–Crippen MR) is 271 cm³/mol. The predicted octanol–water partition coefficient (Wildman–Crippen LogP) is -12.8. The molecule has 52 heavy (non-hydrogen) atoms. The Morgan fingerprint density at radius 1 is 0.385 bits per heavy atom. The first-order valence-corrected chi connectivity index (χ1v) is 18.8. The van der Waals surface area contributed by atoms with Crippen LogP contribution in [0.5, 0.6) is 0 Å². The fraction of sp³-hybridized carbons (Fsp3) is 0. The Balaban J connectivity index is 1.72. The number of imidazole rings is 1. The van der Waals surface area contributed by atoms with E-state index in [0.29, 0.717) is 0 Å². The molecule has 7 aromatic carbocycles. The van der Waals surface area contributed by atoms with E-state index in [1.165, 1.54) is 126 Å². The third-order valence-electron chi connectivity index (χ3n) is 13.4. The minimum absolute atomic E-state index is 1.02. The van der Waals surface area contributed by atoms with Gasteiger partial charge in [0.15, 0.2) is 0 Å². The van der Waals surface area contributed by atoms with Gasteiger partial charge in [-0.1, -0.05) is 81.3 Å². The third kappa shape index (κ3) is 4.73. The minimum atomic E-state index is 1.02. The van der Waals surface area contributed by atoms with Gasteiger partial charge >= 0.3 is 0 Å². The molecule has 0 aliphatic carbocycles. The Morgan fingerprint density at radius 3 is 1.38 bits per heavy atom. The number of nitrogens with zero attached hydrogens (tertiary/aromatic N) is 2. The normalized spacial score (nSPS) is 11.7. The highest BCUT2D eigenvalue weighted by Gasteiger charge is 2.29. The molecule has 8 aromatic rings. The molecule has 0 atom stereocenters. The van der Waals surface area contributed by atoms with Crippen molar-refractivity contribution in [2.45, 2.75) is 0 Å². The van der Waals surface area contributed by atoms with Crippen LogP contribution in [0.1, 0.15) is 0 Å². The number of fused-ring (bicyclic) bond motifs is 4. The second-order valence-corrected chi connectivity index (χ2v) is 15.5. The topological polar surface area (TPSA) is 17.8 Å². The van der Waals surface area contributed by atoms with Gasteiger partial charge in [0.25, 0.3) is 0 Å². The van der Waals surface area contributed by atoms with E-state index in [1.54, 1.807) is 0 Å². The lowest BCUT2D eigenvalue weighted by molar-refractivity contribution is 1.13. The van der Waals surface area contributed by atoms with Crippen LogP contribution in [0.3, 0.4) is 0 Å². The van der Waals surface area contributed by atoms with Gasteiger partial charge in [-0.15, -0.1) is 38.2 Å². The van der Waals surface area contributed by atoms with Crippen LogP contribution in [0.15, 0.2) is 66.7 Å². The van der Waals surface area contributed by atoms with Crippen molar-refractivity contribution in [1.29, 1.82) is 0 Å². The van der Waals surface area contributed by atoms with Crippen LogP contribution in [0.4, 0.5) is 0 Å². The molecule has 0 bridgehead atoms. The van der Waals surface area contributed by atoms with Gasteiger partial charge in [0.2, 0.25) is 0 Å². The summed E-state index contributed by atoms with van der Waals surface area (Å²) < 4.78 is 2.55. The van der Waals surface area contributed by atoms with Gasteiger partial charge in [-0.3, -0.25) is 4.57 Å². The smallest absolute Gasteiger partial charge is 0.144 e. The van der Waals surface area contributed by atoms with Crippen LogP contribution in [0.25, 0.3) is 71.6 Å². The summed E-state index contributed by atoms with van der Waals surface area (Å²) in [5.41, 5.74) is 24.7. The molecule has 2 nitrogen and oxygen atoms in total. The first-order chi connectivity index (χ1) is 24.8. The summed E-state index contributed by atoms with van der Waals surface area (Å²) in [6, 6.07) is 24.6. The SMILES string of the molecule is Bc1c(B)c(B)c(-c2nc3ccccc3n2-c2c3c(B)c(B)c(B)c(B)c3c(-c3ccc4ccccc4c3)c3c(B)c(B)c(B)c(B)c23)c(B)c1B. The number of benzene rings is 7. The molecule has 0 aliphatic rings. The van der Waals surface area contributed by atoms with Crippen LogP contribution >= 0.6 is 0 Å². The number of hydrogen-bond acceptors (Lipinski definition) is 1. The first-order valence-electron chi connectivity index (χ1n) is 18.8. The van der Waals surface area contributed by atoms with Gasteiger partial charge < -0.3 is 0 Å². The largest absolute Gasteiger partial charge is 0.291 e. The van der Waals surface area contributed by atoms with Crippen LogP contribution in [0.2, 0.25) is 0 Å². The van der Waals surface area contributed by atoms with Crippen LogP contribution in [-0.2, 0) is 0 Å². The molecule has 1 heterocycles. The van der Waals surface area contributed by atoms with Crippen molar-refractivity contribution < 1.29 is 0 Å². The number of aromatic nitrogens is 2. The average molecular weight is 650 g/mol. The summed E-state index contributed by atoms with van der Waals surface area (Å²) in [6.45, 7) is 0. The Kier molecular flexibility index (Phi) is 8.25. The Hall–Kier alpha value is -4.37. The van der Waals surface area contributed by atoms with Crippen molar-refractivity contribution in [3.63, 3.8) is 0 Å². The van der Waals surface area contributed by atoms with Crippen molar-refractivity contribution in [3.8, 4) is 28.2 Å². The summed E-state index contributed by atoms with van der Waals surface area (Å²) in [5, 5.41) is 7.86. The summed E-state index contributed by atoms with van der Waals surface area (Å²) in [5.74, 6) is 1.02. The molecule has 0 spiro atoms. The van der Waals surface area contributed by atoms with Gasteiger partial charge in [-0.2, -0.15) is 0 Å². The van der Waals surface area contributed by atoms with Crippen molar-refractivity contribution in [2.24, 2.45) is 0 Å². The van der Waals surface area contributed by atoms with Crippen LogP contribution < -0.4 is 71.0 Å². The number of hydrogen-bond donors (Lipinski definition) is 0. The zero-order valence-corrected chi connectivity index (χ0v) is 33.2. The molecule has 0 saturated carbocycles. The quantitative estimate of drug-likeness (QED) is 0.137. The minimum Gasteiger partial charge on any atom is -0.291 e. The average Bonchev–Trinajstić information content (AvgIpc) is 3.53. The summed E-state index contributed by atoms with van der Waals surface area (Å²) in [4.78, 5) is 5.57. The highest BCUT2D eigenvalue weighted by atomic mass is 15.1. The molecule has 15 heteroatoms. The van der Waals surface area contributed by atoms with Crippen molar-refractivity contribution in [3.05, 3.63) is 66.7 Å². The lowest BCUT2D eigenvalue weighted by Crippen LogP contribution is -2.55. The lowest BCUT2D eigenvalue weighted by Gasteiger charge is -2.29. The van der Waals surface area contributed by atoms with E-state index >= 15 is 0 Å². The Labute approximate surface area is 319 Å². The van der Waals surface area contributed by atoms with E-state index in [0.717, 1.165) is 16.9 Å². The maximum Gasteiger partial charge on any atom is 0.144 e. The zero-order chi connectivity index (χ0) is 37.1. The first kappa shape index (κ1) is 34.7. The van der Waals surface area contributed by atoms with Gasteiger partial charge in [-0.25, -0.2) is 4.98 Å². The van der Waals surface area contributed by atoms with Gasteiger partial charge in [0, 0.05) is 5.56 Å². The fourth-order valence-electron chi connectivity index (χ4n) is 9.20. The zero-order valence-electron chi connectivity index (χ0n) is 33.2. The molecule has 0 aliphatic heterocycles. The molecule has 0 unspecified atom stereocenters. The highest BCUT2D eigenvalue weighted by Crippen LogP contribution is 2.41. The Bertz CT molecular complexity index is 2790. The molecular weight excluding hydrogens is 613 g/mol. The molecule has 8 rings (SSSR count). The van der Waals surface area contributed by atoms with E-state index in [2.05, 4.69) is 173 Å². The van der Waals surface area contributed by atoms with E-state index in [9.17, 15) is 0 Å². The maximum atomic E-state index is 5.57. The summed E-state index contributed by atoms with van der Waals surface area (Å²) in [6.07, 6.45) is 0. The highest BCUT2D eigenvalue weighted by molar-refractivity contribution is 6.72. The molecule has 0 N–H and O–H groups in total. The molecule has 0 amide bonds. The van der Waals surface area contributed by atoms with Crippen molar-refractivity contribution in [2.75, 3.05) is 0 Å². The lowest BCUT2D eigenvalue weighted by atomic mass is 9.60. The summed E-state index contributed by atoms with van der Waals surface area (Å²) >= 11 is 0. The molecule has 0 radical (unpaired) electrons. The summed E-state index contributed by atoms with van der Waals surface area (Å²) in [7, 11) is 30.0. The molecule has 1 aromatic heterocycles. The molecule has 0 saturated heterocycles. The third-order valence-corrected chi connectivity index (χ3v) is 13.4. The Morgan fingerprint density at radius 2 is 0.827 bits per heavy atom. The van der Waals surface area contributed by atoms with Crippen molar-refractivity contribution in [1.82, 2.24) is 9.55 Å². The number of rotatable bonds is 3. The number of para-hydroxylation sites is 2. The van der Waals surface area contributed by atoms with E-state index < -0.39 is 0 Å². The van der Waals surface area contributed by atoms with E-state index in [-0.39, 0.29) is 0 Å². The second kappa shape index (κ2) is 12.4. The van der Waals surface area contributed by atoms with Crippen LogP contribution in [0, 0.1) is 0 Å². The fourth-order valence-corrected chi connectivity index (χ4v) is 9.20. The monoisotopic (exact) mass is 652 g/mol. The maximum absolute atomic E-state index is 5.57. The van der Waals surface area contributed by atoms with Crippen LogP contribution in [-0.4, -0.2) is 112 Å². The van der Waals surface area contributed by atoms with Gasteiger partial charge in [-0.05, 0) is 61.6 Å². The molecule has 0 fully saturated rings. The molecule has 234 valence electrons. The standard InChI is InChI=1S/C37H37B13N2/c38-23-18-17(14-10-9-12-5-1-2-6-13(12)11-14)19-21(26(41)32(47)30(45)24(19)39)36(20(18)25(40)31(46)29(23)44)52-16-8-4-3-7-15(16)51-37(52)22-27(42)33(48)35(50)34(49)28(22)43/h1-11H,38-50H2. The van der Waals surface area contributed by atoms with Gasteiger partial charge in [0.05, 0.1) is 16.7 Å².